The number of rotatable bonds is 6. The van der Waals surface area contributed by atoms with Crippen molar-refractivity contribution >= 4 is 38.3 Å². The van der Waals surface area contributed by atoms with Crippen molar-refractivity contribution in [2.24, 2.45) is 0 Å². The number of carbonyl (C=O) groups excluding carboxylic acids is 2. The molecule has 8 nitrogen and oxygen atoms in total. The summed E-state index contributed by atoms with van der Waals surface area (Å²) >= 11 is 1.25. The molecule has 0 bridgehead atoms. The molecule has 2 rings (SSSR count). The number of sulfone groups is 1. The Morgan fingerprint density at radius 3 is 2.46 bits per heavy atom. The molecular weight excluding hydrogens is 378 g/mol. The number of urea groups is 1. The molecule has 0 fully saturated rings. The molecule has 0 aliphatic heterocycles. The molecule has 0 aliphatic rings. The molecule has 0 unspecified atom stereocenters. The van der Waals surface area contributed by atoms with Gasteiger partial charge in [-0.2, -0.15) is 0 Å². The highest BCUT2D eigenvalue weighted by Gasteiger charge is 2.14. The minimum atomic E-state index is -3.26. The second kappa shape index (κ2) is 8.28. The summed E-state index contributed by atoms with van der Waals surface area (Å²) in [6, 6.07) is 5.89. The van der Waals surface area contributed by atoms with Gasteiger partial charge in [-0.05, 0) is 31.5 Å². The first-order valence-electron chi connectivity index (χ1n) is 7.69. The van der Waals surface area contributed by atoms with Crippen LogP contribution in [0.3, 0.4) is 0 Å². The van der Waals surface area contributed by atoms with Crippen LogP contribution >= 0.6 is 11.3 Å². The zero-order valence-corrected chi connectivity index (χ0v) is 16.2. The predicted molar refractivity (Wildman–Crippen MR) is 99.1 cm³/mol. The number of nitrogens with one attached hydrogen (secondary N) is 2. The van der Waals surface area contributed by atoms with Crippen LogP contribution in [0, 0.1) is 6.92 Å². The Kier molecular flexibility index (Phi) is 6.32. The molecular formula is C16H19N3O5S2. The van der Waals surface area contributed by atoms with Crippen LogP contribution in [-0.4, -0.2) is 44.8 Å². The van der Waals surface area contributed by atoms with Crippen LogP contribution in [0.25, 0.3) is 10.4 Å². The molecule has 1 aromatic carbocycles. The minimum Gasteiger partial charge on any atom is -0.465 e. The third-order valence-corrected chi connectivity index (χ3v) is 5.51. The molecule has 0 spiro atoms. The summed E-state index contributed by atoms with van der Waals surface area (Å²) in [7, 11) is -3.26. The van der Waals surface area contributed by atoms with Crippen LogP contribution in [0.5, 0.6) is 0 Å². The Labute approximate surface area is 155 Å². The first-order valence-corrected chi connectivity index (χ1v) is 10.4. The van der Waals surface area contributed by atoms with Crippen LogP contribution in [-0.2, 0) is 19.4 Å². The lowest BCUT2D eigenvalue weighted by Crippen LogP contribution is -2.34. The largest absolute Gasteiger partial charge is 0.465 e. The molecule has 140 valence electrons. The summed E-state index contributed by atoms with van der Waals surface area (Å²) in [6.45, 7) is 3.48. The summed E-state index contributed by atoms with van der Waals surface area (Å²) in [5, 5.41) is 5.31. The number of ether oxygens (including phenoxy) is 1. The molecule has 0 aliphatic carbocycles. The lowest BCUT2D eigenvalue weighted by Gasteiger charge is -2.04. The summed E-state index contributed by atoms with van der Waals surface area (Å²) in [4.78, 5) is 28.3. The van der Waals surface area contributed by atoms with Gasteiger partial charge in [0.1, 0.15) is 6.54 Å². The highest BCUT2D eigenvalue weighted by Crippen LogP contribution is 2.33. The standard InChI is InChI=1S/C16H19N3O5S2/c1-4-24-13(20)9-17-15(21)19-16-18-10(2)14(25-16)11-5-7-12(8-6-11)26(3,22)23/h5-8H,4,9H2,1-3H3,(H2,17,18,19,21). The average molecular weight is 397 g/mol. The third-order valence-electron chi connectivity index (χ3n) is 3.26. The van der Waals surface area contributed by atoms with Crippen molar-refractivity contribution in [3.05, 3.63) is 30.0 Å². The number of hydrogen-bond donors (Lipinski definition) is 2. The smallest absolute Gasteiger partial charge is 0.325 e. The Balaban J connectivity index is 2.07. The van der Waals surface area contributed by atoms with Gasteiger partial charge in [-0.25, -0.2) is 18.2 Å². The normalized spacial score (nSPS) is 11.0. The maximum Gasteiger partial charge on any atom is 0.325 e. The SMILES string of the molecule is CCOC(=O)CNC(=O)Nc1nc(C)c(-c2ccc(S(C)(=O)=O)cc2)s1. The summed E-state index contributed by atoms with van der Waals surface area (Å²) in [5.74, 6) is -0.523. The quantitative estimate of drug-likeness (QED) is 0.722. The van der Waals surface area contributed by atoms with Gasteiger partial charge in [-0.3, -0.25) is 10.1 Å². The van der Waals surface area contributed by atoms with Crippen LogP contribution in [0.2, 0.25) is 0 Å². The van der Waals surface area contributed by atoms with E-state index in [0.29, 0.717) is 10.8 Å². The van der Waals surface area contributed by atoms with Crippen molar-refractivity contribution in [1.29, 1.82) is 0 Å². The minimum absolute atomic E-state index is 0.232. The van der Waals surface area contributed by atoms with E-state index in [9.17, 15) is 18.0 Å². The van der Waals surface area contributed by atoms with Gasteiger partial charge in [0, 0.05) is 6.26 Å². The molecule has 1 heterocycles. The van der Waals surface area contributed by atoms with Gasteiger partial charge in [-0.15, -0.1) is 0 Å². The van der Waals surface area contributed by atoms with Gasteiger partial charge in [0.25, 0.3) is 0 Å². The molecule has 1 aromatic heterocycles. The van der Waals surface area contributed by atoms with Gasteiger partial charge >= 0.3 is 12.0 Å². The fourth-order valence-electron chi connectivity index (χ4n) is 2.08. The summed E-state index contributed by atoms with van der Waals surface area (Å²) < 4.78 is 27.8. The number of hydrogen-bond acceptors (Lipinski definition) is 7. The van der Waals surface area contributed by atoms with Crippen LogP contribution in [0.15, 0.2) is 29.2 Å². The highest BCUT2D eigenvalue weighted by molar-refractivity contribution is 7.90. The molecule has 0 saturated carbocycles. The zero-order chi connectivity index (χ0) is 19.3. The summed E-state index contributed by atoms with van der Waals surface area (Å²) in [6.07, 6.45) is 1.15. The molecule has 2 N–H and O–H groups in total. The third kappa shape index (κ3) is 5.27. The van der Waals surface area contributed by atoms with E-state index in [4.69, 9.17) is 4.74 Å². The zero-order valence-electron chi connectivity index (χ0n) is 14.5. The van der Waals surface area contributed by atoms with Crippen molar-refractivity contribution in [2.45, 2.75) is 18.7 Å². The monoisotopic (exact) mass is 397 g/mol. The molecule has 10 heteroatoms. The van der Waals surface area contributed by atoms with E-state index in [1.807, 2.05) is 0 Å². The molecule has 0 saturated heterocycles. The predicted octanol–water partition coefficient (Wildman–Crippen LogP) is 2.21. The number of aromatic nitrogens is 1. The fraction of sp³-hybridized carbons (Fsp3) is 0.312. The average Bonchev–Trinajstić information content (AvgIpc) is 2.93. The molecule has 26 heavy (non-hydrogen) atoms. The van der Waals surface area contributed by atoms with Crippen LogP contribution < -0.4 is 10.6 Å². The van der Waals surface area contributed by atoms with E-state index in [2.05, 4.69) is 15.6 Å². The van der Waals surface area contributed by atoms with E-state index in [-0.39, 0.29) is 18.0 Å². The lowest BCUT2D eigenvalue weighted by atomic mass is 10.2. The van der Waals surface area contributed by atoms with E-state index in [1.54, 1.807) is 26.0 Å². The van der Waals surface area contributed by atoms with E-state index >= 15 is 0 Å². The first kappa shape index (κ1) is 19.9. The highest BCUT2D eigenvalue weighted by atomic mass is 32.2. The van der Waals surface area contributed by atoms with Gasteiger partial charge in [-0.1, -0.05) is 23.5 Å². The number of aryl methyl sites for hydroxylation is 1. The maximum atomic E-state index is 11.8. The second-order valence-corrected chi connectivity index (χ2v) is 8.36. The summed E-state index contributed by atoms with van der Waals surface area (Å²) in [5.41, 5.74) is 1.50. The number of esters is 1. The van der Waals surface area contributed by atoms with E-state index in [1.165, 1.54) is 23.5 Å². The Bertz CT molecular complexity index is 904. The molecule has 0 atom stereocenters. The van der Waals surface area contributed by atoms with Gasteiger partial charge < -0.3 is 10.1 Å². The number of amides is 2. The fourth-order valence-corrected chi connectivity index (χ4v) is 3.67. The van der Waals surface area contributed by atoms with E-state index < -0.39 is 21.8 Å². The topological polar surface area (TPSA) is 114 Å². The van der Waals surface area contributed by atoms with Crippen molar-refractivity contribution in [3.63, 3.8) is 0 Å². The van der Waals surface area contributed by atoms with Crippen molar-refractivity contribution < 1.29 is 22.7 Å². The number of anilines is 1. The number of benzene rings is 1. The van der Waals surface area contributed by atoms with Crippen molar-refractivity contribution in [2.75, 3.05) is 24.7 Å². The maximum absolute atomic E-state index is 11.8. The Morgan fingerprint density at radius 2 is 1.88 bits per heavy atom. The molecule has 2 amide bonds. The number of nitrogens with zero attached hydrogens (tertiary/aromatic N) is 1. The van der Waals surface area contributed by atoms with Crippen LogP contribution in [0.1, 0.15) is 12.6 Å². The van der Waals surface area contributed by atoms with Crippen molar-refractivity contribution in [3.8, 4) is 10.4 Å². The van der Waals surface area contributed by atoms with Crippen molar-refractivity contribution in [1.82, 2.24) is 10.3 Å². The Hall–Kier alpha value is -2.46. The van der Waals surface area contributed by atoms with Gasteiger partial charge in [0.2, 0.25) is 0 Å². The van der Waals surface area contributed by atoms with Gasteiger partial charge in [0.15, 0.2) is 15.0 Å². The number of carbonyl (C=O) groups is 2. The molecule has 0 radical (unpaired) electrons. The molecule has 2 aromatic rings. The lowest BCUT2D eigenvalue weighted by molar-refractivity contribution is -0.141. The van der Waals surface area contributed by atoms with Gasteiger partial charge in [0.05, 0.1) is 22.1 Å². The second-order valence-electron chi connectivity index (χ2n) is 5.34. The Morgan fingerprint density at radius 1 is 1.23 bits per heavy atom. The first-order chi connectivity index (χ1) is 12.2. The van der Waals surface area contributed by atoms with Crippen LogP contribution in [0.4, 0.5) is 9.93 Å². The van der Waals surface area contributed by atoms with E-state index in [0.717, 1.165) is 16.7 Å². The number of thiazole rings is 1.